The van der Waals surface area contributed by atoms with E-state index < -0.39 is 5.97 Å². The predicted octanol–water partition coefficient (Wildman–Crippen LogP) is 4.32. The van der Waals surface area contributed by atoms with Crippen molar-refractivity contribution in [3.8, 4) is 5.75 Å². The van der Waals surface area contributed by atoms with Crippen LogP contribution in [0.5, 0.6) is 5.75 Å². The molecule has 100 valence electrons. The van der Waals surface area contributed by atoms with Gasteiger partial charge in [-0.1, -0.05) is 0 Å². The molecule has 19 heavy (non-hydrogen) atoms. The van der Waals surface area contributed by atoms with Crippen LogP contribution in [0, 0.1) is 0 Å². The van der Waals surface area contributed by atoms with E-state index in [1.165, 1.54) is 13.3 Å². The maximum atomic E-state index is 11.7. The van der Waals surface area contributed by atoms with E-state index in [1.54, 1.807) is 7.11 Å². The lowest BCUT2D eigenvalue weighted by Gasteiger charge is -2.12. The van der Waals surface area contributed by atoms with Crippen molar-refractivity contribution in [3.63, 3.8) is 0 Å². The number of aromatic nitrogens is 1. The number of esters is 1. The molecule has 7 heteroatoms. The molecule has 0 radical (unpaired) electrons. The summed E-state index contributed by atoms with van der Waals surface area (Å²) in [5.41, 5.74) is 1.04. The van der Waals surface area contributed by atoms with Gasteiger partial charge in [0.15, 0.2) is 0 Å². The smallest absolute Gasteiger partial charge is 0.340 e. The SMILES string of the molecule is COC(=O)c1cnc2c(Br)cc(Br)c(OC)c2c1Br. The fourth-order valence-electron chi connectivity index (χ4n) is 1.69. The average molecular weight is 454 g/mol. The van der Waals surface area contributed by atoms with E-state index in [-0.39, 0.29) is 0 Å². The molecule has 0 unspecified atom stereocenters. The third-order valence-electron chi connectivity index (χ3n) is 2.55. The first-order valence-corrected chi connectivity index (χ1v) is 7.47. The normalized spacial score (nSPS) is 10.6. The Morgan fingerprint density at radius 1 is 1.21 bits per heavy atom. The van der Waals surface area contributed by atoms with Gasteiger partial charge >= 0.3 is 5.97 Å². The van der Waals surface area contributed by atoms with Crippen LogP contribution in [0.15, 0.2) is 25.7 Å². The van der Waals surface area contributed by atoms with Gasteiger partial charge in [0, 0.05) is 15.1 Å². The quantitative estimate of drug-likeness (QED) is 0.635. The summed E-state index contributed by atoms with van der Waals surface area (Å²) in [5, 5.41) is 0.701. The van der Waals surface area contributed by atoms with Gasteiger partial charge in [0.2, 0.25) is 0 Å². The van der Waals surface area contributed by atoms with Gasteiger partial charge in [-0.3, -0.25) is 4.98 Å². The van der Waals surface area contributed by atoms with Crippen molar-refractivity contribution in [1.29, 1.82) is 0 Å². The summed E-state index contributed by atoms with van der Waals surface area (Å²) in [4.78, 5) is 16.0. The maximum absolute atomic E-state index is 11.7. The predicted molar refractivity (Wildman–Crippen MR) is 82.7 cm³/mol. The van der Waals surface area contributed by atoms with Crippen LogP contribution in [0.4, 0.5) is 0 Å². The first-order valence-electron chi connectivity index (χ1n) is 5.09. The maximum Gasteiger partial charge on any atom is 0.340 e. The number of methoxy groups -OCH3 is 2. The fraction of sp³-hybridized carbons (Fsp3) is 0.167. The Bertz CT molecular complexity index is 673. The van der Waals surface area contributed by atoms with E-state index in [0.717, 1.165) is 8.95 Å². The highest BCUT2D eigenvalue weighted by molar-refractivity contribution is 9.11. The molecule has 0 aliphatic heterocycles. The summed E-state index contributed by atoms with van der Waals surface area (Å²) in [6, 6.07) is 1.85. The number of rotatable bonds is 2. The van der Waals surface area contributed by atoms with Crippen molar-refractivity contribution >= 4 is 64.7 Å². The van der Waals surface area contributed by atoms with Crippen molar-refractivity contribution < 1.29 is 14.3 Å². The van der Waals surface area contributed by atoms with Crippen LogP contribution < -0.4 is 4.74 Å². The summed E-state index contributed by atoms with van der Waals surface area (Å²) in [6.07, 6.45) is 1.47. The van der Waals surface area contributed by atoms with Crippen LogP contribution in [-0.4, -0.2) is 25.2 Å². The molecular weight excluding hydrogens is 446 g/mol. The molecule has 0 bridgehead atoms. The fourth-order valence-corrected chi connectivity index (χ4v) is 3.75. The second kappa shape index (κ2) is 5.76. The zero-order valence-electron chi connectivity index (χ0n) is 9.96. The number of halogens is 3. The molecule has 0 N–H and O–H groups in total. The number of benzene rings is 1. The molecule has 0 saturated carbocycles. The molecule has 0 aliphatic rings. The number of carbonyl (C=O) groups is 1. The zero-order chi connectivity index (χ0) is 14.2. The minimum Gasteiger partial charge on any atom is -0.495 e. The lowest BCUT2D eigenvalue weighted by atomic mass is 10.1. The molecule has 0 amide bonds. The Kier molecular flexibility index (Phi) is 4.47. The number of fused-ring (bicyclic) bond motifs is 1. The van der Waals surface area contributed by atoms with E-state index in [2.05, 4.69) is 52.8 Å². The van der Waals surface area contributed by atoms with Crippen LogP contribution in [-0.2, 0) is 4.74 Å². The molecule has 4 nitrogen and oxygen atoms in total. The van der Waals surface area contributed by atoms with Crippen molar-refractivity contribution in [2.75, 3.05) is 14.2 Å². The molecular formula is C12H8Br3NO3. The molecule has 0 fully saturated rings. The summed E-state index contributed by atoms with van der Waals surface area (Å²) >= 11 is 10.3. The van der Waals surface area contributed by atoms with Gasteiger partial charge in [-0.05, 0) is 53.9 Å². The monoisotopic (exact) mass is 451 g/mol. The zero-order valence-corrected chi connectivity index (χ0v) is 14.7. The highest BCUT2D eigenvalue weighted by Crippen LogP contribution is 2.42. The van der Waals surface area contributed by atoms with E-state index >= 15 is 0 Å². The largest absolute Gasteiger partial charge is 0.495 e. The second-order valence-electron chi connectivity index (χ2n) is 3.57. The van der Waals surface area contributed by atoms with Crippen molar-refractivity contribution in [3.05, 3.63) is 31.2 Å². The van der Waals surface area contributed by atoms with Crippen molar-refractivity contribution in [1.82, 2.24) is 4.98 Å². The molecule has 0 aliphatic carbocycles. The van der Waals surface area contributed by atoms with Gasteiger partial charge in [-0.25, -0.2) is 4.79 Å². The lowest BCUT2D eigenvalue weighted by Crippen LogP contribution is -2.04. The Morgan fingerprint density at radius 2 is 1.89 bits per heavy atom. The van der Waals surface area contributed by atoms with Crippen molar-refractivity contribution in [2.45, 2.75) is 0 Å². The number of hydrogen-bond acceptors (Lipinski definition) is 4. The van der Waals surface area contributed by atoms with Gasteiger partial charge in [0.05, 0.1) is 35.2 Å². The Labute approximate surface area is 134 Å². The molecule has 1 aromatic carbocycles. The van der Waals surface area contributed by atoms with Gasteiger partial charge in [0.25, 0.3) is 0 Å². The first kappa shape index (κ1) is 14.7. The molecule has 1 aromatic heterocycles. The third-order valence-corrected chi connectivity index (χ3v) is 4.57. The van der Waals surface area contributed by atoms with E-state index in [1.807, 2.05) is 6.07 Å². The molecule has 0 atom stereocenters. The number of nitrogens with zero attached hydrogens (tertiary/aromatic N) is 1. The van der Waals surface area contributed by atoms with Gasteiger partial charge in [-0.2, -0.15) is 0 Å². The van der Waals surface area contributed by atoms with E-state index in [0.29, 0.717) is 26.7 Å². The Morgan fingerprint density at radius 3 is 2.47 bits per heavy atom. The number of carbonyl (C=O) groups excluding carboxylic acids is 1. The number of ether oxygens (including phenoxy) is 2. The summed E-state index contributed by atoms with van der Waals surface area (Å²) in [5.74, 6) is 0.141. The van der Waals surface area contributed by atoms with Crippen LogP contribution in [0.2, 0.25) is 0 Å². The lowest BCUT2D eigenvalue weighted by molar-refractivity contribution is 0.0599. The standard InChI is InChI=1S/C12H8Br3NO3/c1-18-11-7(14)3-6(13)10-8(11)9(15)5(4-16-10)12(17)19-2/h3-4H,1-2H3. The van der Waals surface area contributed by atoms with Crippen LogP contribution in [0.25, 0.3) is 10.9 Å². The second-order valence-corrected chi connectivity index (χ2v) is 6.08. The van der Waals surface area contributed by atoms with Crippen molar-refractivity contribution in [2.24, 2.45) is 0 Å². The van der Waals surface area contributed by atoms with E-state index in [9.17, 15) is 4.79 Å². The molecule has 1 heterocycles. The average Bonchev–Trinajstić information content (AvgIpc) is 2.39. The number of pyridine rings is 1. The Balaban J connectivity index is 2.91. The highest BCUT2D eigenvalue weighted by atomic mass is 79.9. The molecule has 0 spiro atoms. The minimum absolute atomic E-state index is 0.346. The Hall–Kier alpha value is -0.660. The molecule has 0 saturated heterocycles. The molecule has 2 rings (SSSR count). The van der Waals surface area contributed by atoms with Gasteiger partial charge < -0.3 is 9.47 Å². The van der Waals surface area contributed by atoms with Crippen LogP contribution in [0.3, 0.4) is 0 Å². The summed E-state index contributed by atoms with van der Waals surface area (Å²) < 4.78 is 12.2. The molecule has 2 aromatic rings. The van der Waals surface area contributed by atoms with Crippen LogP contribution >= 0.6 is 47.8 Å². The van der Waals surface area contributed by atoms with Crippen LogP contribution in [0.1, 0.15) is 10.4 Å². The highest BCUT2D eigenvalue weighted by Gasteiger charge is 2.20. The topological polar surface area (TPSA) is 48.4 Å². The number of hydrogen-bond donors (Lipinski definition) is 0. The van der Waals surface area contributed by atoms with Gasteiger partial charge in [0.1, 0.15) is 5.75 Å². The first-order chi connectivity index (χ1) is 9.01. The minimum atomic E-state index is -0.459. The third kappa shape index (κ3) is 2.51. The van der Waals surface area contributed by atoms with Gasteiger partial charge in [-0.15, -0.1) is 0 Å². The van der Waals surface area contributed by atoms with E-state index in [4.69, 9.17) is 9.47 Å². The summed E-state index contributed by atoms with van der Waals surface area (Å²) in [6.45, 7) is 0. The summed E-state index contributed by atoms with van der Waals surface area (Å²) in [7, 11) is 2.89.